The van der Waals surface area contributed by atoms with Gasteiger partial charge in [0, 0.05) is 0 Å². The second-order valence-electron chi connectivity index (χ2n) is 7.60. The highest BCUT2D eigenvalue weighted by molar-refractivity contribution is 5.65. The van der Waals surface area contributed by atoms with Crippen LogP contribution in [-0.2, 0) is 24.0 Å². The summed E-state index contributed by atoms with van der Waals surface area (Å²) in [6, 6.07) is 16.3. The molecule has 3 nitrogen and oxygen atoms in total. The standard InChI is InChI=1S/C26H36O3/c1-3-5-8-17-23-18-12-20-25(24(23)19-9-6-4-2)29-26(27)28-21-13-16-22-14-10-7-11-15-22/h7,10-12,14-15,18,20H,3-6,8-9,13,16-17,19,21H2,1-2H3. The summed E-state index contributed by atoms with van der Waals surface area (Å²) in [6.07, 6.45) is 10.2. The highest BCUT2D eigenvalue weighted by atomic mass is 16.7. The van der Waals surface area contributed by atoms with Crippen molar-refractivity contribution in [1.29, 1.82) is 0 Å². The molecular weight excluding hydrogens is 360 g/mol. The maximum absolute atomic E-state index is 12.2. The summed E-state index contributed by atoms with van der Waals surface area (Å²) in [5.74, 6) is 0.670. The van der Waals surface area contributed by atoms with Crippen LogP contribution in [-0.4, -0.2) is 12.8 Å². The lowest BCUT2D eigenvalue weighted by atomic mass is 9.96. The van der Waals surface area contributed by atoms with Crippen LogP contribution < -0.4 is 4.74 Å². The van der Waals surface area contributed by atoms with Gasteiger partial charge in [-0.05, 0) is 61.3 Å². The summed E-state index contributed by atoms with van der Waals surface area (Å²) in [6.45, 7) is 4.79. The molecule has 2 rings (SSSR count). The molecule has 0 fully saturated rings. The first-order valence-corrected chi connectivity index (χ1v) is 11.2. The number of hydrogen-bond donors (Lipinski definition) is 0. The maximum Gasteiger partial charge on any atom is 0.513 e. The molecular formula is C26H36O3. The van der Waals surface area contributed by atoms with E-state index in [1.165, 1.54) is 48.8 Å². The van der Waals surface area contributed by atoms with Crippen LogP contribution in [0, 0.1) is 0 Å². The van der Waals surface area contributed by atoms with Gasteiger partial charge in [-0.2, -0.15) is 0 Å². The van der Waals surface area contributed by atoms with Crippen LogP contribution in [0.2, 0.25) is 0 Å². The molecule has 0 heterocycles. The number of unbranched alkanes of at least 4 members (excludes halogenated alkanes) is 4. The molecule has 0 unspecified atom stereocenters. The number of hydrogen-bond acceptors (Lipinski definition) is 3. The third kappa shape index (κ3) is 8.72. The topological polar surface area (TPSA) is 35.5 Å². The normalized spacial score (nSPS) is 10.7. The largest absolute Gasteiger partial charge is 0.513 e. The van der Waals surface area contributed by atoms with Crippen molar-refractivity contribution < 1.29 is 14.3 Å². The zero-order chi connectivity index (χ0) is 20.7. The van der Waals surface area contributed by atoms with Gasteiger partial charge in [-0.25, -0.2) is 4.79 Å². The van der Waals surface area contributed by atoms with Crippen molar-refractivity contribution >= 4 is 6.16 Å². The summed E-state index contributed by atoms with van der Waals surface area (Å²) in [7, 11) is 0. The summed E-state index contributed by atoms with van der Waals surface area (Å²) in [5, 5.41) is 0. The monoisotopic (exact) mass is 396 g/mol. The van der Waals surface area contributed by atoms with E-state index in [0.717, 1.165) is 32.1 Å². The zero-order valence-electron chi connectivity index (χ0n) is 18.1. The van der Waals surface area contributed by atoms with Crippen LogP contribution in [0.1, 0.15) is 75.5 Å². The Balaban J connectivity index is 1.90. The average Bonchev–Trinajstić information content (AvgIpc) is 2.74. The number of aryl methyl sites for hydroxylation is 2. The molecule has 0 radical (unpaired) electrons. The Labute approximate surface area is 176 Å². The quantitative estimate of drug-likeness (QED) is 0.202. The van der Waals surface area contributed by atoms with Crippen LogP contribution in [0.5, 0.6) is 5.75 Å². The van der Waals surface area contributed by atoms with Gasteiger partial charge in [-0.3, -0.25) is 0 Å². The lowest BCUT2D eigenvalue weighted by molar-refractivity contribution is 0.0977. The van der Waals surface area contributed by atoms with Gasteiger partial charge >= 0.3 is 6.16 Å². The Morgan fingerprint density at radius 1 is 0.759 bits per heavy atom. The number of ether oxygens (including phenoxy) is 2. The predicted molar refractivity (Wildman–Crippen MR) is 120 cm³/mol. The highest BCUT2D eigenvalue weighted by Crippen LogP contribution is 2.27. The second kappa shape index (κ2) is 13.8. The maximum atomic E-state index is 12.2. The van der Waals surface area contributed by atoms with Crippen LogP contribution in [0.25, 0.3) is 0 Å². The van der Waals surface area contributed by atoms with Crippen molar-refractivity contribution in [2.75, 3.05) is 6.61 Å². The van der Waals surface area contributed by atoms with Gasteiger partial charge in [-0.15, -0.1) is 0 Å². The Hall–Kier alpha value is -2.29. The minimum atomic E-state index is -0.597. The van der Waals surface area contributed by atoms with Crippen molar-refractivity contribution in [2.24, 2.45) is 0 Å². The van der Waals surface area contributed by atoms with Gasteiger partial charge in [0.15, 0.2) is 0 Å². The molecule has 29 heavy (non-hydrogen) atoms. The van der Waals surface area contributed by atoms with Crippen LogP contribution in [0.4, 0.5) is 4.79 Å². The molecule has 0 spiro atoms. The molecule has 0 N–H and O–H groups in total. The molecule has 0 aromatic heterocycles. The third-order valence-electron chi connectivity index (χ3n) is 5.18. The smallest absolute Gasteiger partial charge is 0.434 e. The summed E-state index contributed by atoms with van der Waals surface area (Å²) < 4.78 is 10.9. The molecule has 158 valence electrons. The fourth-order valence-corrected chi connectivity index (χ4v) is 3.54. The van der Waals surface area contributed by atoms with Crippen molar-refractivity contribution in [3.05, 3.63) is 65.2 Å². The van der Waals surface area contributed by atoms with E-state index < -0.39 is 6.16 Å². The van der Waals surface area contributed by atoms with E-state index in [0.29, 0.717) is 12.4 Å². The summed E-state index contributed by atoms with van der Waals surface area (Å²) in [5.41, 5.74) is 3.74. The van der Waals surface area contributed by atoms with Crippen molar-refractivity contribution in [1.82, 2.24) is 0 Å². The lowest BCUT2D eigenvalue weighted by Crippen LogP contribution is -2.13. The molecule has 0 bridgehead atoms. The van der Waals surface area contributed by atoms with E-state index in [-0.39, 0.29) is 0 Å². The number of rotatable bonds is 13. The minimum Gasteiger partial charge on any atom is -0.434 e. The predicted octanol–water partition coefficient (Wildman–Crippen LogP) is 7.30. The minimum absolute atomic E-state index is 0.370. The fourth-order valence-electron chi connectivity index (χ4n) is 3.54. The van der Waals surface area contributed by atoms with E-state index in [1.54, 1.807) is 0 Å². The van der Waals surface area contributed by atoms with E-state index in [2.05, 4.69) is 32.0 Å². The summed E-state index contributed by atoms with van der Waals surface area (Å²) >= 11 is 0. The average molecular weight is 397 g/mol. The van der Waals surface area contributed by atoms with Gasteiger partial charge in [0.05, 0.1) is 6.61 Å². The Morgan fingerprint density at radius 3 is 2.21 bits per heavy atom. The molecule has 0 saturated carbocycles. The SMILES string of the molecule is CCCCCc1cccc(OC(=O)OCCCc2ccccc2)c1CCCCC. The first kappa shape index (κ1) is 23.0. The molecule has 0 aliphatic rings. The summed E-state index contributed by atoms with van der Waals surface area (Å²) in [4.78, 5) is 12.2. The van der Waals surface area contributed by atoms with Gasteiger partial charge in [-0.1, -0.05) is 82.0 Å². The van der Waals surface area contributed by atoms with E-state index in [4.69, 9.17) is 9.47 Å². The van der Waals surface area contributed by atoms with Gasteiger partial charge in [0.2, 0.25) is 0 Å². The Kier molecular flexibility index (Phi) is 11.0. The number of carbonyl (C=O) groups is 1. The number of carbonyl (C=O) groups excluding carboxylic acids is 1. The molecule has 2 aromatic rings. The fraction of sp³-hybridized carbons (Fsp3) is 0.500. The first-order valence-electron chi connectivity index (χ1n) is 11.2. The highest BCUT2D eigenvalue weighted by Gasteiger charge is 2.14. The molecule has 0 saturated heterocycles. The van der Waals surface area contributed by atoms with E-state index >= 15 is 0 Å². The van der Waals surface area contributed by atoms with Crippen LogP contribution in [0.15, 0.2) is 48.5 Å². The molecule has 0 aliphatic heterocycles. The van der Waals surface area contributed by atoms with Gasteiger partial charge in [0.1, 0.15) is 5.75 Å². The van der Waals surface area contributed by atoms with Gasteiger partial charge in [0.25, 0.3) is 0 Å². The second-order valence-corrected chi connectivity index (χ2v) is 7.60. The Bertz CT molecular complexity index is 709. The zero-order valence-corrected chi connectivity index (χ0v) is 18.1. The lowest BCUT2D eigenvalue weighted by Gasteiger charge is -2.15. The molecule has 0 atom stereocenters. The van der Waals surface area contributed by atoms with E-state index in [9.17, 15) is 4.79 Å². The van der Waals surface area contributed by atoms with Gasteiger partial charge < -0.3 is 9.47 Å². The molecule has 0 aliphatic carbocycles. The first-order chi connectivity index (χ1) is 14.2. The number of benzene rings is 2. The molecule has 2 aromatic carbocycles. The Morgan fingerprint density at radius 2 is 1.48 bits per heavy atom. The van der Waals surface area contributed by atoms with Crippen molar-refractivity contribution in [2.45, 2.75) is 78.1 Å². The van der Waals surface area contributed by atoms with Crippen molar-refractivity contribution in [3.8, 4) is 5.75 Å². The van der Waals surface area contributed by atoms with Crippen LogP contribution in [0.3, 0.4) is 0 Å². The molecule has 3 heteroatoms. The third-order valence-corrected chi connectivity index (χ3v) is 5.18. The van der Waals surface area contributed by atoms with Crippen molar-refractivity contribution in [3.63, 3.8) is 0 Å². The van der Waals surface area contributed by atoms with Crippen LogP contribution >= 0.6 is 0 Å². The van der Waals surface area contributed by atoms with E-state index in [1.807, 2.05) is 30.3 Å². The molecule has 0 amide bonds.